The summed E-state index contributed by atoms with van der Waals surface area (Å²) < 4.78 is 3.41. The standard InChI is InChI=1S/C24H25N5O2S2/c1-13-8-10-16(11-9-13)29-15(3)21(14(2)27-29)25-19(30)12-32-24-26-22-20(23(31)28(24)4)17-6-5-7-18(17)33-22/h8-11H,5-7,12H2,1-4H3,(H,25,30). The molecule has 170 valence electrons. The van der Waals surface area contributed by atoms with E-state index in [-0.39, 0.29) is 17.2 Å². The van der Waals surface area contributed by atoms with Crippen LogP contribution in [0.2, 0.25) is 0 Å². The molecule has 7 nitrogen and oxygen atoms in total. The molecule has 0 saturated heterocycles. The van der Waals surface area contributed by atoms with Crippen molar-refractivity contribution >= 4 is 44.9 Å². The number of thioether (sulfide) groups is 1. The van der Waals surface area contributed by atoms with Gasteiger partial charge in [-0.25, -0.2) is 9.67 Å². The number of thiophene rings is 1. The van der Waals surface area contributed by atoms with E-state index in [1.54, 1.807) is 23.0 Å². The Morgan fingerprint density at radius 2 is 1.94 bits per heavy atom. The Labute approximate surface area is 199 Å². The average molecular weight is 480 g/mol. The molecule has 0 aliphatic heterocycles. The summed E-state index contributed by atoms with van der Waals surface area (Å²) in [5.74, 6) is 0.00327. The number of hydrogen-bond acceptors (Lipinski definition) is 6. The van der Waals surface area contributed by atoms with Gasteiger partial charge in [-0.05, 0) is 57.7 Å². The lowest BCUT2D eigenvalue weighted by molar-refractivity contribution is -0.113. The number of aryl methyl sites for hydroxylation is 4. The number of carbonyl (C=O) groups is 1. The highest BCUT2D eigenvalue weighted by atomic mass is 32.2. The smallest absolute Gasteiger partial charge is 0.262 e. The third kappa shape index (κ3) is 3.89. The minimum Gasteiger partial charge on any atom is -0.322 e. The zero-order chi connectivity index (χ0) is 23.3. The van der Waals surface area contributed by atoms with Crippen LogP contribution in [0, 0.1) is 20.8 Å². The third-order valence-corrected chi connectivity index (χ3v) is 8.29. The van der Waals surface area contributed by atoms with Gasteiger partial charge < -0.3 is 5.32 Å². The van der Waals surface area contributed by atoms with Crippen LogP contribution in [0.3, 0.4) is 0 Å². The molecule has 5 rings (SSSR count). The SMILES string of the molecule is Cc1ccc(-n2nc(C)c(NC(=O)CSc3nc4sc5c(c4c(=O)n3C)CCC5)c2C)cc1. The van der Waals surface area contributed by atoms with E-state index in [1.807, 2.05) is 49.7 Å². The molecule has 1 N–H and O–H groups in total. The number of nitrogens with zero attached hydrogens (tertiary/aromatic N) is 4. The van der Waals surface area contributed by atoms with E-state index in [9.17, 15) is 9.59 Å². The molecule has 0 spiro atoms. The van der Waals surface area contributed by atoms with Gasteiger partial charge in [0.05, 0.1) is 33.9 Å². The summed E-state index contributed by atoms with van der Waals surface area (Å²) in [5.41, 5.74) is 5.63. The molecule has 0 fully saturated rings. The average Bonchev–Trinajstić information content (AvgIpc) is 3.45. The van der Waals surface area contributed by atoms with Crippen molar-refractivity contribution in [2.75, 3.05) is 11.1 Å². The lowest BCUT2D eigenvalue weighted by atomic mass is 10.2. The van der Waals surface area contributed by atoms with Crippen LogP contribution in [0.15, 0.2) is 34.2 Å². The van der Waals surface area contributed by atoms with Gasteiger partial charge in [0.2, 0.25) is 5.91 Å². The van der Waals surface area contributed by atoms with Crippen LogP contribution in [0.25, 0.3) is 15.9 Å². The highest BCUT2D eigenvalue weighted by Gasteiger charge is 2.23. The van der Waals surface area contributed by atoms with Crippen LogP contribution in [0.4, 0.5) is 5.69 Å². The molecule has 0 bridgehead atoms. The van der Waals surface area contributed by atoms with Gasteiger partial charge in [0, 0.05) is 11.9 Å². The van der Waals surface area contributed by atoms with Gasteiger partial charge in [-0.1, -0.05) is 29.5 Å². The van der Waals surface area contributed by atoms with E-state index < -0.39 is 0 Å². The van der Waals surface area contributed by atoms with Gasteiger partial charge in [0.25, 0.3) is 5.56 Å². The summed E-state index contributed by atoms with van der Waals surface area (Å²) in [4.78, 5) is 32.5. The van der Waals surface area contributed by atoms with E-state index >= 15 is 0 Å². The predicted molar refractivity (Wildman–Crippen MR) is 134 cm³/mol. The number of benzene rings is 1. The number of anilines is 1. The molecule has 4 aromatic rings. The first-order valence-corrected chi connectivity index (χ1v) is 12.7. The van der Waals surface area contributed by atoms with Crippen molar-refractivity contribution in [2.45, 2.75) is 45.2 Å². The lowest BCUT2D eigenvalue weighted by Crippen LogP contribution is -2.21. The largest absolute Gasteiger partial charge is 0.322 e. The Morgan fingerprint density at radius 1 is 1.18 bits per heavy atom. The second-order valence-electron chi connectivity index (χ2n) is 8.43. The molecule has 3 aromatic heterocycles. The molecule has 9 heteroatoms. The second kappa shape index (κ2) is 8.46. The van der Waals surface area contributed by atoms with Gasteiger partial charge in [-0.3, -0.25) is 14.2 Å². The fourth-order valence-electron chi connectivity index (χ4n) is 4.30. The van der Waals surface area contributed by atoms with Gasteiger partial charge in [-0.15, -0.1) is 11.3 Å². The molecule has 33 heavy (non-hydrogen) atoms. The minimum atomic E-state index is -0.155. The maximum Gasteiger partial charge on any atom is 0.262 e. The van der Waals surface area contributed by atoms with E-state index in [2.05, 4.69) is 10.4 Å². The van der Waals surface area contributed by atoms with Crippen LogP contribution < -0.4 is 10.9 Å². The maximum atomic E-state index is 13.0. The summed E-state index contributed by atoms with van der Waals surface area (Å²) in [5, 5.41) is 8.93. The first kappa shape index (κ1) is 21.9. The summed E-state index contributed by atoms with van der Waals surface area (Å²) in [6.45, 7) is 5.87. The molecule has 1 amide bonds. The molecular formula is C24H25N5O2S2. The van der Waals surface area contributed by atoms with E-state index in [0.717, 1.165) is 46.6 Å². The van der Waals surface area contributed by atoms with Crippen LogP contribution >= 0.6 is 23.1 Å². The molecule has 1 aliphatic carbocycles. The zero-order valence-electron chi connectivity index (χ0n) is 19.1. The molecule has 1 aromatic carbocycles. The normalized spacial score (nSPS) is 13.0. The number of aromatic nitrogens is 4. The topological polar surface area (TPSA) is 81.8 Å². The van der Waals surface area contributed by atoms with Crippen molar-refractivity contribution in [3.05, 3.63) is 62.0 Å². The number of hydrogen-bond donors (Lipinski definition) is 1. The van der Waals surface area contributed by atoms with Crippen molar-refractivity contribution in [1.82, 2.24) is 19.3 Å². The summed E-state index contributed by atoms with van der Waals surface area (Å²) in [6, 6.07) is 8.10. The minimum absolute atomic E-state index is 0.0200. The van der Waals surface area contributed by atoms with Crippen molar-refractivity contribution in [1.29, 1.82) is 0 Å². The predicted octanol–water partition coefficient (Wildman–Crippen LogP) is 4.33. The van der Waals surface area contributed by atoms with Crippen molar-refractivity contribution < 1.29 is 4.79 Å². The highest BCUT2D eigenvalue weighted by molar-refractivity contribution is 7.99. The highest BCUT2D eigenvalue weighted by Crippen LogP contribution is 2.35. The Bertz CT molecular complexity index is 1450. The van der Waals surface area contributed by atoms with Crippen LogP contribution in [0.5, 0.6) is 0 Å². The Balaban J connectivity index is 1.33. The molecule has 0 radical (unpaired) electrons. The fraction of sp³-hybridized carbons (Fsp3) is 0.333. The van der Waals surface area contributed by atoms with Crippen LogP contribution in [-0.4, -0.2) is 31.0 Å². The summed E-state index contributed by atoms with van der Waals surface area (Å²) in [7, 11) is 1.73. The second-order valence-corrected chi connectivity index (χ2v) is 10.5. The molecule has 0 unspecified atom stereocenters. The molecule has 3 heterocycles. The number of rotatable bonds is 5. The summed E-state index contributed by atoms with van der Waals surface area (Å²) >= 11 is 2.90. The van der Waals surface area contributed by atoms with Gasteiger partial charge in [0.15, 0.2) is 5.16 Å². The molecule has 0 saturated carbocycles. The van der Waals surface area contributed by atoms with Crippen molar-refractivity contribution in [3.8, 4) is 5.69 Å². The van der Waals surface area contributed by atoms with E-state index in [4.69, 9.17) is 4.98 Å². The first-order chi connectivity index (χ1) is 15.8. The van der Waals surface area contributed by atoms with Gasteiger partial charge in [-0.2, -0.15) is 5.10 Å². The fourth-order valence-corrected chi connectivity index (χ4v) is 6.38. The molecule has 0 atom stereocenters. The Morgan fingerprint density at radius 3 is 2.70 bits per heavy atom. The number of carbonyl (C=O) groups excluding carboxylic acids is 1. The van der Waals surface area contributed by atoms with Crippen molar-refractivity contribution in [2.24, 2.45) is 7.05 Å². The third-order valence-electron chi connectivity index (χ3n) is 6.07. The van der Waals surface area contributed by atoms with Crippen LogP contribution in [-0.2, 0) is 24.7 Å². The first-order valence-electron chi connectivity index (χ1n) is 10.9. The monoisotopic (exact) mass is 479 g/mol. The van der Waals surface area contributed by atoms with Gasteiger partial charge in [0.1, 0.15) is 4.83 Å². The van der Waals surface area contributed by atoms with E-state index in [0.29, 0.717) is 10.8 Å². The van der Waals surface area contributed by atoms with Gasteiger partial charge >= 0.3 is 0 Å². The Hall–Kier alpha value is -2.91. The quantitative estimate of drug-likeness (QED) is 0.340. The number of amides is 1. The summed E-state index contributed by atoms with van der Waals surface area (Å²) in [6.07, 6.45) is 3.09. The maximum absolute atomic E-state index is 13.0. The number of nitrogens with one attached hydrogen (secondary N) is 1. The van der Waals surface area contributed by atoms with Crippen LogP contribution in [0.1, 0.15) is 33.8 Å². The van der Waals surface area contributed by atoms with E-state index in [1.165, 1.54) is 27.8 Å². The van der Waals surface area contributed by atoms with Crippen molar-refractivity contribution in [3.63, 3.8) is 0 Å². The zero-order valence-corrected chi connectivity index (χ0v) is 20.7. The number of fused-ring (bicyclic) bond motifs is 3. The molecular weight excluding hydrogens is 454 g/mol. The Kier molecular flexibility index (Phi) is 5.62. The molecule has 1 aliphatic rings. The lowest BCUT2D eigenvalue weighted by Gasteiger charge is -2.09.